The van der Waals surface area contributed by atoms with Crippen molar-refractivity contribution >= 4 is 30.9 Å². The van der Waals surface area contributed by atoms with E-state index in [2.05, 4.69) is 24.4 Å². The molecule has 3 aromatic carbocycles. The van der Waals surface area contributed by atoms with Crippen molar-refractivity contribution in [2.75, 3.05) is 30.9 Å². The Kier molecular flexibility index (Phi) is 14.8. The molecule has 0 aromatic heterocycles. The maximum absolute atomic E-state index is 12.0. The average molecular weight is 423 g/mol. The molecule has 0 radical (unpaired) electrons. The molecule has 6 heteroatoms. The quantitative estimate of drug-likeness (QED) is 0.660. The summed E-state index contributed by atoms with van der Waals surface area (Å²) in [7, 11) is 3.51. The van der Waals surface area contributed by atoms with Crippen LogP contribution in [0, 0.1) is 6.92 Å². The number of methoxy groups -OCH3 is 1. The number of nitrogens with one attached hydrogen (secondary N) is 1. The van der Waals surface area contributed by atoms with E-state index in [9.17, 15) is 4.79 Å². The first kappa shape index (κ1) is 27.1. The van der Waals surface area contributed by atoms with E-state index < -0.39 is 0 Å². The van der Waals surface area contributed by atoms with Gasteiger partial charge in [-0.15, -0.1) is 0 Å². The summed E-state index contributed by atoms with van der Waals surface area (Å²) < 4.78 is 5.08. The van der Waals surface area contributed by atoms with E-state index in [0.29, 0.717) is 6.54 Å². The highest BCUT2D eigenvalue weighted by atomic mass is 16.5. The van der Waals surface area contributed by atoms with Crippen LogP contribution in [0.3, 0.4) is 0 Å². The third-order valence-corrected chi connectivity index (χ3v) is 3.89. The van der Waals surface area contributed by atoms with Crippen molar-refractivity contribution in [1.82, 2.24) is 0 Å². The lowest BCUT2D eigenvalue weighted by Crippen LogP contribution is -2.29. The van der Waals surface area contributed by atoms with Crippen LogP contribution in [0.2, 0.25) is 0 Å². The van der Waals surface area contributed by atoms with Crippen LogP contribution in [0.1, 0.15) is 5.56 Å². The molecule has 0 fully saturated rings. The Morgan fingerprint density at radius 3 is 1.74 bits per heavy atom. The van der Waals surface area contributed by atoms with E-state index in [1.54, 1.807) is 7.11 Å². The molecule has 164 valence electrons. The fraction of sp³-hybridized carbons (Fsp3) is 0.160. The highest BCUT2D eigenvalue weighted by molar-refractivity contribution is 5.94. The summed E-state index contributed by atoms with van der Waals surface area (Å²) in [5.41, 5.74) is 3.09. The minimum atomic E-state index is -0.0541. The van der Waals surface area contributed by atoms with Gasteiger partial charge in [0.1, 0.15) is 19.3 Å². The number of carbonyl (C=O) groups is 3. The number of para-hydroxylation sites is 1. The predicted molar refractivity (Wildman–Crippen MR) is 127 cm³/mol. The van der Waals surface area contributed by atoms with Crippen molar-refractivity contribution in [2.24, 2.45) is 0 Å². The molecule has 0 heterocycles. The summed E-state index contributed by atoms with van der Waals surface area (Å²) in [6.45, 7) is 6.38. The Hall–Kier alpha value is -3.93. The Labute approximate surface area is 184 Å². The van der Waals surface area contributed by atoms with Crippen molar-refractivity contribution in [3.05, 3.63) is 90.5 Å². The number of amides is 1. The number of hydrogen-bond donors (Lipinski definition) is 1. The summed E-state index contributed by atoms with van der Waals surface area (Å²) in [5.74, 6) is 0.714. The third-order valence-electron chi connectivity index (χ3n) is 3.89. The van der Waals surface area contributed by atoms with E-state index in [4.69, 9.17) is 14.3 Å². The molecule has 6 nitrogen and oxygen atoms in total. The molecule has 0 aliphatic rings. The molecule has 0 unspecified atom stereocenters. The van der Waals surface area contributed by atoms with Crippen molar-refractivity contribution in [3.63, 3.8) is 0 Å². The van der Waals surface area contributed by atoms with Crippen molar-refractivity contribution < 1.29 is 19.1 Å². The summed E-state index contributed by atoms with van der Waals surface area (Å²) >= 11 is 0. The van der Waals surface area contributed by atoms with Crippen LogP contribution < -0.4 is 15.0 Å². The lowest BCUT2D eigenvalue weighted by Gasteiger charge is -2.18. The van der Waals surface area contributed by atoms with E-state index >= 15 is 0 Å². The first-order chi connectivity index (χ1) is 15.1. The van der Waals surface area contributed by atoms with E-state index in [1.165, 1.54) is 5.56 Å². The number of hydrogen-bond acceptors (Lipinski definition) is 5. The number of nitrogens with zero attached hydrogens (tertiary/aromatic N) is 1. The van der Waals surface area contributed by atoms with E-state index in [-0.39, 0.29) is 5.91 Å². The van der Waals surface area contributed by atoms with Gasteiger partial charge in [-0.25, -0.2) is 0 Å². The zero-order valence-corrected chi connectivity index (χ0v) is 18.3. The number of aryl methyl sites for hydroxylation is 1. The Bertz CT molecular complexity index is 838. The molecule has 0 spiro atoms. The van der Waals surface area contributed by atoms with Gasteiger partial charge < -0.3 is 24.5 Å². The van der Waals surface area contributed by atoms with Crippen LogP contribution in [0.25, 0.3) is 0 Å². The highest BCUT2D eigenvalue weighted by Gasteiger charge is 2.07. The molecule has 0 aliphatic carbocycles. The Morgan fingerprint density at radius 2 is 1.32 bits per heavy atom. The smallest absolute Gasteiger partial charge is 0.243 e. The molecular formula is C25H30N2O4. The van der Waals surface area contributed by atoms with Gasteiger partial charge in [-0.1, -0.05) is 54.1 Å². The third kappa shape index (κ3) is 11.6. The van der Waals surface area contributed by atoms with Crippen LogP contribution in [-0.2, 0) is 14.4 Å². The molecule has 0 saturated heterocycles. The average Bonchev–Trinajstić information content (AvgIpc) is 2.83. The van der Waals surface area contributed by atoms with Crippen LogP contribution >= 0.6 is 0 Å². The fourth-order valence-corrected chi connectivity index (χ4v) is 2.40. The van der Waals surface area contributed by atoms with Crippen LogP contribution in [-0.4, -0.2) is 40.2 Å². The van der Waals surface area contributed by atoms with Gasteiger partial charge in [-0.2, -0.15) is 0 Å². The van der Waals surface area contributed by atoms with Crippen LogP contribution in [0.5, 0.6) is 5.75 Å². The van der Waals surface area contributed by atoms with Crippen LogP contribution in [0.4, 0.5) is 11.4 Å². The zero-order valence-electron chi connectivity index (χ0n) is 18.3. The van der Waals surface area contributed by atoms with E-state index in [0.717, 1.165) is 17.1 Å². The second-order valence-corrected chi connectivity index (χ2v) is 6.12. The van der Waals surface area contributed by atoms with Gasteiger partial charge in [-0.05, 0) is 43.3 Å². The molecule has 0 saturated carbocycles. The van der Waals surface area contributed by atoms with Gasteiger partial charge in [0.05, 0.1) is 13.7 Å². The first-order valence-electron chi connectivity index (χ1n) is 9.38. The number of ether oxygens (including phenoxy) is 1. The maximum atomic E-state index is 12.0. The summed E-state index contributed by atoms with van der Waals surface area (Å²) in [6.07, 6.45) is 0. The highest BCUT2D eigenvalue weighted by Crippen LogP contribution is 2.15. The van der Waals surface area contributed by atoms with Gasteiger partial charge in [0, 0.05) is 18.4 Å². The maximum Gasteiger partial charge on any atom is 0.243 e. The second-order valence-electron chi connectivity index (χ2n) is 6.12. The van der Waals surface area contributed by atoms with Gasteiger partial charge in [-0.3, -0.25) is 4.79 Å². The monoisotopic (exact) mass is 422 g/mol. The molecule has 0 aliphatic heterocycles. The lowest BCUT2D eigenvalue weighted by atomic mass is 10.2. The van der Waals surface area contributed by atoms with Gasteiger partial charge >= 0.3 is 0 Å². The Morgan fingerprint density at radius 1 is 0.839 bits per heavy atom. The van der Waals surface area contributed by atoms with Crippen molar-refractivity contribution in [3.8, 4) is 5.75 Å². The van der Waals surface area contributed by atoms with Crippen LogP contribution in [0.15, 0.2) is 84.9 Å². The topological polar surface area (TPSA) is 75.7 Å². The molecule has 0 bridgehead atoms. The standard InChI is InChI=1S/C16H18N2O2.C7H8.2CH2O/c1-18(14-6-4-3-5-7-14)12-16(19)17-13-8-10-15(20-2)11-9-13;1-7-5-3-2-4-6-7;2*1-2/h3-11H,12H2,1-2H3,(H,17,19);2-6H,1H3;2*1H2. The number of benzene rings is 3. The minimum absolute atomic E-state index is 0.0541. The normalized spacial score (nSPS) is 8.61. The molecule has 1 amide bonds. The summed E-state index contributed by atoms with van der Waals surface area (Å²) in [4.78, 5) is 29.9. The SMILES string of the molecule is C=O.C=O.COc1ccc(NC(=O)CN(C)c2ccccc2)cc1.Cc1ccccc1. The predicted octanol–water partition coefficient (Wildman–Crippen LogP) is 4.40. The lowest BCUT2D eigenvalue weighted by molar-refractivity contribution is -0.115. The number of likely N-dealkylation sites (N-methyl/N-ethyl adjacent to an activating group) is 1. The van der Waals surface area contributed by atoms with E-state index in [1.807, 2.05) is 98.3 Å². The largest absolute Gasteiger partial charge is 0.497 e. The van der Waals surface area contributed by atoms with Gasteiger partial charge in [0.25, 0.3) is 0 Å². The number of rotatable bonds is 5. The fourth-order valence-electron chi connectivity index (χ4n) is 2.40. The van der Waals surface area contributed by atoms with Gasteiger partial charge in [0.15, 0.2) is 0 Å². The second kappa shape index (κ2) is 17.0. The Balaban J connectivity index is 0.000000681. The molecule has 3 aromatic rings. The molecule has 0 atom stereocenters. The molecule has 31 heavy (non-hydrogen) atoms. The first-order valence-corrected chi connectivity index (χ1v) is 9.38. The molecular weight excluding hydrogens is 392 g/mol. The summed E-state index contributed by atoms with van der Waals surface area (Å²) in [6, 6.07) is 27.3. The molecule has 1 N–H and O–H groups in total. The number of carbonyl (C=O) groups excluding carboxylic acids is 3. The van der Waals surface area contributed by atoms with Gasteiger partial charge in [0.2, 0.25) is 5.91 Å². The zero-order chi connectivity index (χ0) is 23.5. The van der Waals surface area contributed by atoms with Crippen molar-refractivity contribution in [1.29, 1.82) is 0 Å². The molecule has 3 rings (SSSR count). The summed E-state index contributed by atoms with van der Waals surface area (Å²) in [5, 5.41) is 2.86. The number of anilines is 2. The minimum Gasteiger partial charge on any atom is -0.497 e. The van der Waals surface area contributed by atoms with Crippen molar-refractivity contribution in [2.45, 2.75) is 6.92 Å².